The summed E-state index contributed by atoms with van der Waals surface area (Å²) in [5.41, 5.74) is 9.40. The summed E-state index contributed by atoms with van der Waals surface area (Å²) < 4.78 is 1.98. The number of piperidine rings is 2. The molecule has 2 saturated heterocycles. The number of hydroxylamine groups is 2. The van der Waals surface area contributed by atoms with Crippen LogP contribution in [-0.2, 0) is 23.2 Å². The lowest BCUT2D eigenvalue weighted by Gasteiger charge is -2.37. The van der Waals surface area contributed by atoms with Gasteiger partial charge in [-0.25, -0.2) is 15.0 Å². The summed E-state index contributed by atoms with van der Waals surface area (Å²) in [4.78, 5) is 44.4. The van der Waals surface area contributed by atoms with E-state index in [9.17, 15) is 9.59 Å². The maximum absolute atomic E-state index is 13.4. The van der Waals surface area contributed by atoms with Crippen LogP contribution in [0, 0.1) is 5.92 Å². The number of hydrogen-bond donors (Lipinski definition) is 1. The minimum Gasteiger partial charge on any atom is -0.368 e. The molecule has 10 nitrogen and oxygen atoms in total. The third-order valence-electron chi connectivity index (χ3n) is 8.19. The number of hydrogen-bond acceptors (Lipinski definition) is 7. The summed E-state index contributed by atoms with van der Waals surface area (Å²) >= 11 is 0. The van der Waals surface area contributed by atoms with Gasteiger partial charge in [-0.1, -0.05) is 18.2 Å². The van der Waals surface area contributed by atoms with Crippen molar-refractivity contribution in [1.29, 1.82) is 0 Å². The van der Waals surface area contributed by atoms with Gasteiger partial charge in [0.25, 0.3) is 5.91 Å². The molecule has 3 aromatic rings. The number of likely N-dealkylation sites (tertiary alicyclic amines) is 2. The first-order valence-corrected chi connectivity index (χ1v) is 13.3. The number of carbonyl (C=O) groups excluding carboxylic acids is 2. The average Bonchev–Trinajstić information content (AvgIpc) is 3.25. The number of nitrogen functional groups attached to an aromatic ring is 1. The number of aromatic nitrogens is 3. The maximum Gasteiger partial charge on any atom is 0.294 e. The largest absolute Gasteiger partial charge is 0.368 e. The van der Waals surface area contributed by atoms with Gasteiger partial charge in [-0.15, -0.1) is 0 Å². The van der Waals surface area contributed by atoms with Crippen LogP contribution in [-0.4, -0.2) is 81.5 Å². The lowest BCUT2D eigenvalue weighted by molar-refractivity contribution is -0.138. The first-order valence-electron chi connectivity index (χ1n) is 13.3. The van der Waals surface area contributed by atoms with Gasteiger partial charge in [0.15, 0.2) is 0 Å². The van der Waals surface area contributed by atoms with Gasteiger partial charge in [0.05, 0.1) is 7.11 Å². The zero-order valence-electron chi connectivity index (χ0n) is 22.5. The van der Waals surface area contributed by atoms with Gasteiger partial charge in [-0.05, 0) is 56.3 Å². The quantitative estimate of drug-likeness (QED) is 0.499. The van der Waals surface area contributed by atoms with E-state index in [4.69, 9.17) is 10.6 Å². The Morgan fingerprint density at radius 1 is 1.05 bits per heavy atom. The number of nitrogens with two attached hydrogens (primary N) is 1. The first kappa shape index (κ1) is 26.1. The van der Waals surface area contributed by atoms with E-state index in [1.54, 1.807) is 19.4 Å². The molecule has 0 atom stereocenters. The van der Waals surface area contributed by atoms with Gasteiger partial charge in [0.2, 0.25) is 11.9 Å². The minimum absolute atomic E-state index is 0.0653. The number of aryl methyl sites for hydroxylation is 1. The molecule has 10 heteroatoms. The fraction of sp³-hybridized carbons (Fsp3) is 0.500. The second-order valence-corrected chi connectivity index (χ2v) is 10.4. The number of anilines is 1. The highest BCUT2D eigenvalue weighted by Crippen LogP contribution is 2.38. The number of nitrogens with zero attached hydrogens (tertiary/aromatic N) is 6. The number of rotatable bonds is 6. The topological polar surface area (TPSA) is 110 Å². The van der Waals surface area contributed by atoms with Crippen LogP contribution >= 0.6 is 0 Å². The lowest BCUT2D eigenvalue weighted by Crippen LogP contribution is -2.45. The molecule has 2 N–H and O–H groups in total. The van der Waals surface area contributed by atoms with Crippen LogP contribution in [0.5, 0.6) is 0 Å². The molecule has 0 spiro atoms. The molecular formula is C28H37N7O3. The minimum atomic E-state index is -0.156. The van der Waals surface area contributed by atoms with E-state index in [0.29, 0.717) is 18.8 Å². The van der Waals surface area contributed by atoms with E-state index in [1.165, 1.54) is 12.2 Å². The SMILES string of the molecule is CON(C)C(=O)c1c(C2CCN(C(=O)C3CCN(Cc4cnc(N)nc4)CC3)CC2)c2ccccc2n1C. The molecule has 2 aliphatic heterocycles. The summed E-state index contributed by atoms with van der Waals surface area (Å²) in [6, 6.07) is 8.16. The van der Waals surface area contributed by atoms with Crippen LogP contribution < -0.4 is 5.73 Å². The molecule has 1 aromatic carbocycles. The van der Waals surface area contributed by atoms with Gasteiger partial charge in [-0.3, -0.25) is 19.3 Å². The summed E-state index contributed by atoms with van der Waals surface area (Å²) in [6.07, 6.45) is 6.94. The number of amides is 2. The van der Waals surface area contributed by atoms with Crippen molar-refractivity contribution in [3.63, 3.8) is 0 Å². The van der Waals surface area contributed by atoms with Crippen molar-refractivity contribution in [2.75, 3.05) is 46.1 Å². The highest BCUT2D eigenvalue weighted by molar-refractivity contribution is 6.01. The van der Waals surface area contributed by atoms with Gasteiger partial charge >= 0.3 is 0 Å². The average molecular weight is 520 g/mol. The zero-order chi connectivity index (χ0) is 26.8. The molecule has 2 fully saturated rings. The Kier molecular flexibility index (Phi) is 7.62. The van der Waals surface area contributed by atoms with E-state index >= 15 is 0 Å². The van der Waals surface area contributed by atoms with Gasteiger partial charge in [-0.2, -0.15) is 0 Å². The number of para-hydroxylation sites is 1. The fourth-order valence-corrected chi connectivity index (χ4v) is 6.02. The predicted octanol–water partition coefficient (Wildman–Crippen LogP) is 2.80. The Balaban J connectivity index is 1.22. The summed E-state index contributed by atoms with van der Waals surface area (Å²) in [7, 11) is 5.08. The van der Waals surface area contributed by atoms with E-state index in [2.05, 4.69) is 20.9 Å². The smallest absolute Gasteiger partial charge is 0.294 e. The molecule has 2 amide bonds. The predicted molar refractivity (Wildman–Crippen MR) is 145 cm³/mol. The van der Waals surface area contributed by atoms with Crippen LogP contribution in [0.3, 0.4) is 0 Å². The van der Waals surface area contributed by atoms with Crippen molar-refractivity contribution >= 4 is 28.7 Å². The lowest BCUT2D eigenvalue weighted by atomic mass is 9.86. The standard InChI is InChI=1S/C28H37N7O3/c1-32-23-7-5-4-6-22(23)24(25(32)27(37)33(2)38-3)20-10-14-35(15-11-20)26(36)21-8-12-34(13-9-21)18-19-16-30-28(29)31-17-19/h4-7,16-17,20-21H,8-15,18H2,1-3H3,(H2,29,30,31). The monoisotopic (exact) mass is 519 g/mol. The molecule has 5 rings (SSSR count). The van der Waals surface area contributed by atoms with Crippen molar-refractivity contribution in [2.45, 2.75) is 38.1 Å². The number of benzene rings is 1. The van der Waals surface area contributed by atoms with Crippen LogP contribution in [0.15, 0.2) is 36.7 Å². The first-order chi connectivity index (χ1) is 18.4. The molecule has 2 aliphatic rings. The highest BCUT2D eigenvalue weighted by atomic mass is 16.7. The molecule has 2 aromatic heterocycles. The van der Waals surface area contributed by atoms with Gasteiger partial charge < -0.3 is 15.2 Å². The Morgan fingerprint density at radius 3 is 2.37 bits per heavy atom. The van der Waals surface area contributed by atoms with E-state index in [-0.39, 0.29) is 29.6 Å². The molecule has 0 saturated carbocycles. The summed E-state index contributed by atoms with van der Waals surface area (Å²) in [5.74, 6) is 0.672. The van der Waals surface area contributed by atoms with Crippen molar-refractivity contribution in [2.24, 2.45) is 13.0 Å². The van der Waals surface area contributed by atoms with E-state index in [1.807, 2.05) is 34.7 Å². The van der Waals surface area contributed by atoms with E-state index in [0.717, 1.165) is 67.3 Å². The second-order valence-electron chi connectivity index (χ2n) is 10.4. The second kappa shape index (κ2) is 11.1. The Labute approximate surface area is 223 Å². The van der Waals surface area contributed by atoms with Crippen LogP contribution in [0.25, 0.3) is 10.9 Å². The highest BCUT2D eigenvalue weighted by Gasteiger charge is 2.34. The third-order valence-corrected chi connectivity index (χ3v) is 8.19. The number of fused-ring (bicyclic) bond motifs is 1. The molecule has 38 heavy (non-hydrogen) atoms. The normalized spacial score (nSPS) is 17.7. The molecule has 0 aliphatic carbocycles. The van der Waals surface area contributed by atoms with Crippen LogP contribution in [0.4, 0.5) is 5.95 Å². The summed E-state index contributed by atoms with van der Waals surface area (Å²) in [5, 5.41) is 2.38. The van der Waals surface area contributed by atoms with Crippen molar-refractivity contribution in [3.05, 3.63) is 53.5 Å². The van der Waals surface area contributed by atoms with Crippen LogP contribution in [0.1, 0.15) is 53.2 Å². The van der Waals surface area contributed by atoms with Gasteiger partial charge in [0, 0.05) is 68.5 Å². The molecular weight excluding hydrogens is 482 g/mol. The fourth-order valence-electron chi connectivity index (χ4n) is 6.02. The van der Waals surface area contributed by atoms with Crippen LogP contribution in [0.2, 0.25) is 0 Å². The van der Waals surface area contributed by atoms with Crippen molar-refractivity contribution in [3.8, 4) is 0 Å². The third kappa shape index (κ3) is 5.10. The molecule has 0 radical (unpaired) electrons. The molecule has 202 valence electrons. The maximum atomic E-state index is 13.4. The molecule has 0 bridgehead atoms. The Morgan fingerprint density at radius 2 is 1.71 bits per heavy atom. The van der Waals surface area contributed by atoms with Gasteiger partial charge in [0.1, 0.15) is 5.69 Å². The Bertz CT molecular complexity index is 1290. The zero-order valence-corrected chi connectivity index (χ0v) is 22.5. The molecule has 4 heterocycles. The van der Waals surface area contributed by atoms with Crippen molar-refractivity contribution < 1.29 is 14.4 Å². The molecule has 0 unspecified atom stereocenters. The van der Waals surface area contributed by atoms with E-state index < -0.39 is 0 Å². The Hall–Kier alpha value is -3.50. The van der Waals surface area contributed by atoms with Crippen molar-refractivity contribution in [1.82, 2.24) is 29.4 Å². The summed E-state index contributed by atoms with van der Waals surface area (Å²) in [6.45, 7) is 3.96. The number of carbonyl (C=O) groups is 2.